The quantitative estimate of drug-likeness (QED) is 0.597. The first-order valence-electron chi connectivity index (χ1n) is 4.85. The molecule has 0 fully saturated rings. The Labute approximate surface area is 93.7 Å². The molecule has 1 rings (SSSR count). The highest BCUT2D eigenvalue weighted by Crippen LogP contribution is 2.22. The van der Waals surface area contributed by atoms with Crippen molar-refractivity contribution in [1.82, 2.24) is 0 Å². The summed E-state index contributed by atoms with van der Waals surface area (Å²) in [6, 6.07) is 5.24. The number of hydrogen-bond acceptors (Lipinski definition) is 3. The number of carboxylic acid groups (broad SMARTS) is 1. The van der Waals surface area contributed by atoms with Crippen LogP contribution in [0.15, 0.2) is 18.2 Å². The molecule has 3 N–H and O–H groups in total. The molecule has 0 aliphatic rings. The lowest BCUT2D eigenvalue weighted by Gasteiger charge is -2.07. The Hall–Kier alpha value is -1.16. The molecule has 0 atom stereocenters. The number of carbonyl (C=O) groups is 1. The Morgan fingerprint density at radius 2 is 2.27 bits per heavy atom. The van der Waals surface area contributed by atoms with Gasteiger partial charge in [-0.15, -0.1) is 0 Å². The highest BCUT2D eigenvalue weighted by molar-refractivity contribution is 7.98. The summed E-state index contributed by atoms with van der Waals surface area (Å²) in [4.78, 5) is 11.0. The standard InChI is InChI=1S/C11H15NO2S/c1-2-6-15-7-8-4-3-5-9(12)10(8)11(13)14/h3-5H,2,6-7,12H2,1H3,(H,13,14). The topological polar surface area (TPSA) is 63.3 Å². The van der Waals surface area contributed by atoms with E-state index in [0.29, 0.717) is 11.4 Å². The molecule has 0 aliphatic carbocycles. The van der Waals surface area contributed by atoms with Gasteiger partial charge < -0.3 is 10.8 Å². The molecule has 15 heavy (non-hydrogen) atoms. The summed E-state index contributed by atoms with van der Waals surface area (Å²) in [6.07, 6.45) is 1.09. The Morgan fingerprint density at radius 3 is 2.87 bits per heavy atom. The highest BCUT2D eigenvalue weighted by Gasteiger charge is 2.12. The Morgan fingerprint density at radius 1 is 1.53 bits per heavy atom. The second-order valence-corrected chi connectivity index (χ2v) is 4.34. The zero-order valence-electron chi connectivity index (χ0n) is 8.69. The van der Waals surface area contributed by atoms with Crippen LogP contribution in [-0.2, 0) is 5.75 Å². The minimum atomic E-state index is -0.944. The second-order valence-electron chi connectivity index (χ2n) is 3.24. The van der Waals surface area contributed by atoms with Crippen LogP contribution in [0.5, 0.6) is 0 Å². The number of nitrogen functional groups attached to an aromatic ring is 1. The lowest BCUT2D eigenvalue weighted by atomic mass is 10.1. The Bertz CT molecular complexity index is 352. The van der Waals surface area contributed by atoms with Crippen molar-refractivity contribution in [2.24, 2.45) is 0 Å². The molecule has 0 aromatic heterocycles. The maximum absolute atomic E-state index is 11.0. The summed E-state index contributed by atoms with van der Waals surface area (Å²) in [7, 11) is 0. The monoisotopic (exact) mass is 225 g/mol. The van der Waals surface area contributed by atoms with Gasteiger partial charge in [0.25, 0.3) is 0 Å². The number of rotatable bonds is 5. The molecule has 0 radical (unpaired) electrons. The summed E-state index contributed by atoms with van der Waals surface area (Å²) in [5.41, 5.74) is 7.04. The first kappa shape index (κ1) is 11.9. The molecule has 0 aliphatic heterocycles. The summed E-state index contributed by atoms with van der Waals surface area (Å²) in [5, 5.41) is 9.01. The Kier molecular flexibility index (Phi) is 4.49. The van der Waals surface area contributed by atoms with E-state index in [1.54, 1.807) is 23.9 Å². The fourth-order valence-corrected chi connectivity index (χ4v) is 2.22. The van der Waals surface area contributed by atoms with Crippen LogP contribution in [0, 0.1) is 0 Å². The number of hydrogen-bond donors (Lipinski definition) is 2. The first-order chi connectivity index (χ1) is 7.16. The number of aromatic carboxylic acids is 1. The predicted molar refractivity (Wildman–Crippen MR) is 64.3 cm³/mol. The zero-order chi connectivity index (χ0) is 11.3. The molecule has 0 amide bonds. The van der Waals surface area contributed by atoms with Crippen LogP contribution in [0.1, 0.15) is 29.3 Å². The van der Waals surface area contributed by atoms with Crippen molar-refractivity contribution in [1.29, 1.82) is 0 Å². The van der Waals surface area contributed by atoms with Gasteiger partial charge in [-0.3, -0.25) is 0 Å². The minimum Gasteiger partial charge on any atom is -0.478 e. The number of thioether (sulfide) groups is 1. The van der Waals surface area contributed by atoms with E-state index in [1.165, 1.54) is 0 Å². The molecule has 0 saturated carbocycles. The highest BCUT2D eigenvalue weighted by atomic mass is 32.2. The molecule has 1 aromatic rings. The lowest BCUT2D eigenvalue weighted by molar-refractivity contribution is 0.0697. The third kappa shape index (κ3) is 3.16. The predicted octanol–water partition coefficient (Wildman–Crippen LogP) is 2.61. The van der Waals surface area contributed by atoms with Gasteiger partial charge in [-0.2, -0.15) is 11.8 Å². The zero-order valence-corrected chi connectivity index (χ0v) is 9.51. The van der Waals surface area contributed by atoms with Crippen LogP contribution < -0.4 is 5.73 Å². The average molecular weight is 225 g/mol. The number of carboxylic acids is 1. The maximum atomic E-state index is 11.0. The van der Waals surface area contributed by atoms with Gasteiger partial charge in [-0.25, -0.2) is 4.79 Å². The fraction of sp³-hybridized carbons (Fsp3) is 0.364. The molecule has 82 valence electrons. The van der Waals surface area contributed by atoms with E-state index >= 15 is 0 Å². The van der Waals surface area contributed by atoms with Crippen molar-refractivity contribution in [2.75, 3.05) is 11.5 Å². The largest absolute Gasteiger partial charge is 0.478 e. The van der Waals surface area contributed by atoms with Crippen LogP contribution >= 0.6 is 11.8 Å². The van der Waals surface area contributed by atoms with Crippen LogP contribution in [0.3, 0.4) is 0 Å². The fourth-order valence-electron chi connectivity index (χ4n) is 1.33. The van der Waals surface area contributed by atoms with Gasteiger partial charge in [0.1, 0.15) is 0 Å². The second kappa shape index (κ2) is 5.66. The van der Waals surface area contributed by atoms with E-state index in [2.05, 4.69) is 6.92 Å². The van der Waals surface area contributed by atoms with Gasteiger partial charge in [-0.05, 0) is 23.8 Å². The van der Waals surface area contributed by atoms with E-state index < -0.39 is 5.97 Å². The Balaban J connectivity index is 2.86. The van der Waals surface area contributed by atoms with Crippen molar-refractivity contribution < 1.29 is 9.90 Å². The third-order valence-electron chi connectivity index (χ3n) is 2.00. The normalized spacial score (nSPS) is 10.2. The molecule has 0 unspecified atom stereocenters. The summed E-state index contributed by atoms with van der Waals surface area (Å²) >= 11 is 1.73. The van der Waals surface area contributed by atoms with Crippen molar-refractivity contribution in [3.8, 4) is 0 Å². The van der Waals surface area contributed by atoms with Crippen molar-refractivity contribution in [3.05, 3.63) is 29.3 Å². The third-order valence-corrected chi connectivity index (χ3v) is 3.21. The SMILES string of the molecule is CCCSCc1cccc(N)c1C(=O)O. The molecule has 0 saturated heterocycles. The molecule has 0 spiro atoms. The number of benzene rings is 1. The number of anilines is 1. The molecule has 4 heteroatoms. The van der Waals surface area contributed by atoms with Crippen LogP contribution in [0.4, 0.5) is 5.69 Å². The maximum Gasteiger partial charge on any atom is 0.338 e. The lowest BCUT2D eigenvalue weighted by Crippen LogP contribution is -2.06. The first-order valence-corrected chi connectivity index (χ1v) is 6.00. The van der Waals surface area contributed by atoms with Crippen molar-refractivity contribution >= 4 is 23.4 Å². The van der Waals surface area contributed by atoms with Gasteiger partial charge >= 0.3 is 5.97 Å². The van der Waals surface area contributed by atoms with Crippen molar-refractivity contribution in [2.45, 2.75) is 19.1 Å². The van der Waals surface area contributed by atoms with E-state index in [-0.39, 0.29) is 5.56 Å². The molecule has 1 aromatic carbocycles. The van der Waals surface area contributed by atoms with Crippen LogP contribution in [0.25, 0.3) is 0 Å². The van der Waals surface area contributed by atoms with Gasteiger partial charge in [-0.1, -0.05) is 19.1 Å². The molecular formula is C11H15NO2S. The van der Waals surface area contributed by atoms with E-state index in [0.717, 1.165) is 17.7 Å². The summed E-state index contributed by atoms with van der Waals surface area (Å²) in [6.45, 7) is 2.10. The van der Waals surface area contributed by atoms with Crippen LogP contribution in [0.2, 0.25) is 0 Å². The smallest absolute Gasteiger partial charge is 0.338 e. The average Bonchev–Trinajstić information content (AvgIpc) is 2.17. The van der Waals surface area contributed by atoms with E-state index in [1.807, 2.05) is 6.07 Å². The summed E-state index contributed by atoms with van der Waals surface area (Å²) in [5.74, 6) is 0.800. The van der Waals surface area contributed by atoms with Gasteiger partial charge in [0, 0.05) is 11.4 Å². The van der Waals surface area contributed by atoms with Crippen LogP contribution in [-0.4, -0.2) is 16.8 Å². The molecule has 0 heterocycles. The molecule has 3 nitrogen and oxygen atoms in total. The van der Waals surface area contributed by atoms with E-state index in [9.17, 15) is 4.79 Å². The van der Waals surface area contributed by atoms with Gasteiger partial charge in [0.2, 0.25) is 0 Å². The molecular weight excluding hydrogens is 210 g/mol. The number of nitrogens with two attached hydrogens (primary N) is 1. The minimum absolute atomic E-state index is 0.251. The van der Waals surface area contributed by atoms with Gasteiger partial charge in [0.05, 0.1) is 5.56 Å². The summed E-state index contributed by atoms with van der Waals surface area (Å²) < 4.78 is 0. The molecule has 0 bridgehead atoms. The van der Waals surface area contributed by atoms with Gasteiger partial charge in [0.15, 0.2) is 0 Å². The van der Waals surface area contributed by atoms with E-state index in [4.69, 9.17) is 10.8 Å². The van der Waals surface area contributed by atoms with Crippen molar-refractivity contribution in [3.63, 3.8) is 0 Å².